The Labute approximate surface area is 94.0 Å². The molecule has 15 heavy (non-hydrogen) atoms. The zero-order valence-electron chi connectivity index (χ0n) is 8.31. The molecule has 2 rings (SSSR count). The lowest BCUT2D eigenvalue weighted by Gasteiger charge is -2.00. The molecule has 2 nitrogen and oxygen atoms in total. The fourth-order valence-corrected chi connectivity index (χ4v) is 1.65. The first-order chi connectivity index (χ1) is 7.34. The lowest BCUT2D eigenvalue weighted by Crippen LogP contribution is -1.95. The van der Waals surface area contributed by atoms with E-state index in [9.17, 15) is 0 Å². The van der Waals surface area contributed by atoms with Crippen molar-refractivity contribution in [2.24, 2.45) is 0 Å². The van der Waals surface area contributed by atoms with Gasteiger partial charge in [0, 0.05) is 11.9 Å². The Morgan fingerprint density at radius 3 is 2.60 bits per heavy atom. The van der Waals surface area contributed by atoms with Crippen LogP contribution < -0.4 is 0 Å². The number of hydrogen-bond donors (Lipinski definition) is 1. The Kier molecular flexibility index (Phi) is 3.25. The van der Waals surface area contributed by atoms with E-state index in [1.165, 1.54) is 5.56 Å². The predicted octanol–water partition coefficient (Wildman–Crippen LogP) is 2.92. The predicted molar refractivity (Wildman–Crippen MR) is 63.3 cm³/mol. The zero-order valence-corrected chi connectivity index (χ0v) is 9.13. The highest BCUT2D eigenvalue weighted by Gasteiger charge is 1.95. The second kappa shape index (κ2) is 4.84. The van der Waals surface area contributed by atoms with Crippen molar-refractivity contribution in [2.75, 3.05) is 0 Å². The van der Waals surface area contributed by atoms with E-state index in [0.717, 1.165) is 18.5 Å². The van der Waals surface area contributed by atoms with Crippen molar-refractivity contribution < 1.29 is 0 Å². The van der Waals surface area contributed by atoms with Crippen molar-refractivity contribution in [1.29, 1.82) is 0 Å². The Hall–Kier alpha value is -1.48. The van der Waals surface area contributed by atoms with Crippen molar-refractivity contribution in [2.45, 2.75) is 12.8 Å². The molecule has 0 aliphatic rings. The molecular formula is C12H12N2S. The summed E-state index contributed by atoms with van der Waals surface area (Å²) >= 11 is 4.96. The lowest BCUT2D eigenvalue weighted by atomic mass is 10.1. The normalized spacial score (nSPS) is 10.1. The summed E-state index contributed by atoms with van der Waals surface area (Å²) in [6.45, 7) is 0. The van der Waals surface area contributed by atoms with Gasteiger partial charge in [-0.1, -0.05) is 30.3 Å². The molecule has 1 N–H and O–H groups in total. The highest BCUT2D eigenvalue weighted by atomic mass is 32.1. The molecule has 0 atom stereocenters. The Bertz CT molecular complexity index is 476. The number of rotatable bonds is 3. The Balaban J connectivity index is 2.02. The molecular weight excluding hydrogens is 204 g/mol. The van der Waals surface area contributed by atoms with E-state index in [2.05, 4.69) is 34.2 Å². The number of nitrogens with zero attached hydrogens (tertiary/aromatic N) is 1. The first-order valence-corrected chi connectivity index (χ1v) is 5.34. The van der Waals surface area contributed by atoms with Gasteiger partial charge in [-0.2, -0.15) is 0 Å². The molecule has 3 heteroatoms. The molecule has 0 unspecified atom stereocenters. The first-order valence-electron chi connectivity index (χ1n) is 4.93. The third kappa shape index (κ3) is 2.99. The van der Waals surface area contributed by atoms with Crippen LogP contribution in [-0.4, -0.2) is 9.97 Å². The largest absolute Gasteiger partial charge is 0.337 e. The summed E-state index contributed by atoms with van der Waals surface area (Å²) in [5.41, 5.74) is 2.38. The maximum atomic E-state index is 4.96. The molecule has 0 fully saturated rings. The van der Waals surface area contributed by atoms with Gasteiger partial charge in [0.2, 0.25) is 0 Å². The molecule has 0 spiro atoms. The minimum atomic E-state index is 0.556. The van der Waals surface area contributed by atoms with Crippen LogP contribution in [0.2, 0.25) is 0 Å². The molecule has 1 aromatic heterocycles. The summed E-state index contributed by atoms with van der Waals surface area (Å²) in [7, 11) is 0. The van der Waals surface area contributed by atoms with Crippen LogP contribution in [0.3, 0.4) is 0 Å². The van der Waals surface area contributed by atoms with Gasteiger partial charge in [0.05, 0.1) is 0 Å². The van der Waals surface area contributed by atoms with Crippen molar-refractivity contribution in [1.82, 2.24) is 9.97 Å². The van der Waals surface area contributed by atoms with Crippen LogP contribution in [0.1, 0.15) is 11.3 Å². The summed E-state index contributed by atoms with van der Waals surface area (Å²) in [6, 6.07) is 12.4. The Morgan fingerprint density at radius 2 is 1.87 bits per heavy atom. The van der Waals surface area contributed by atoms with Crippen molar-refractivity contribution >= 4 is 12.2 Å². The van der Waals surface area contributed by atoms with Crippen LogP contribution in [0.15, 0.2) is 42.6 Å². The molecule has 0 radical (unpaired) electrons. The smallest absolute Gasteiger partial charge is 0.196 e. The Morgan fingerprint density at radius 1 is 1.07 bits per heavy atom. The van der Waals surface area contributed by atoms with E-state index in [1.54, 1.807) is 0 Å². The van der Waals surface area contributed by atoms with Gasteiger partial charge < -0.3 is 4.98 Å². The molecule has 76 valence electrons. The summed E-state index contributed by atoms with van der Waals surface area (Å²) < 4.78 is 0.556. The molecule has 1 aromatic carbocycles. The number of hydrogen-bond acceptors (Lipinski definition) is 2. The van der Waals surface area contributed by atoms with Crippen LogP contribution in [0.5, 0.6) is 0 Å². The van der Waals surface area contributed by atoms with Gasteiger partial charge in [-0.15, -0.1) is 0 Å². The average Bonchev–Trinajstić information content (AvgIpc) is 2.28. The number of nitrogens with one attached hydrogen (secondary N) is 1. The molecule has 0 aliphatic heterocycles. The van der Waals surface area contributed by atoms with Gasteiger partial charge in [0.25, 0.3) is 0 Å². The highest BCUT2D eigenvalue weighted by molar-refractivity contribution is 7.71. The molecule has 0 aliphatic carbocycles. The van der Waals surface area contributed by atoms with Crippen molar-refractivity contribution in [3.63, 3.8) is 0 Å². The van der Waals surface area contributed by atoms with E-state index in [0.29, 0.717) is 4.77 Å². The van der Waals surface area contributed by atoms with E-state index in [4.69, 9.17) is 12.2 Å². The van der Waals surface area contributed by atoms with Crippen LogP contribution in [0, 0.1) is 4.77 Å². The summed E-state index contributed by atoms with van der Waals surface area (Å²) in [6.07, 6.45) is 3.78. The third-order valence-corrected chi connectivity index (χ3v) is 2.45. The number of H-pyrrole nitrogens is 1. The summed E-state index contributed by atoms with van der Waals surface area (Å²) in [5.74, 6) is 0. The maximum absolute atomic E-state index is 4.96. The van der Waals surface area contributed by atoms with Gasteiger partial charge in [-0.25, -0.2) is 4.98 Å². The maximum Gasteiger partial charge on any atom is 0.196 e. The summed E-state index contributed by atoms with van der Waals surface area (Å²) in [5, 5.41) is 0. The van der Waals surface area contributed by atoms with Gasteiger partial charge >= 0.3 is 0 Å². The monoisotopic (exact) mass is 216 g/mol. The van der Waals surface area contributed by atoms with Gasteiger partial charge in [-0.05, 0) is 36.7 Å². The second-order valence-electron chi connectivity index (χ2n) is 3.37. The van der Waals surface area contributed by atoms with Crippen LogP contribution in [0.25, 0.3) is 0 Å². The highest BCUT2D eigenvalue weighted by Crippen LogP contribution is 2.04. The van der Waals surface area contributed by atoms with E-state index >= 15 is 0 Å². The average molecular weight is 216 g/mol. The molecule has 0 saturated carbocycles. The van der Waals surface area contributed by atoms with E-state index in [1.807, 2.05) is 18.3 Å². The molecule has 0 saturated heterocycles. The summed E-state index contributed by atoms with van der Waals surface area (Å²) in [4.78, 5) is 7.12. The number of benzene rings is 1. The topological polar surface area (TPSA) is 28.7 Å². The molecule has 0 bridgehead atoms. The first kappa shape index (κ1) is 10.1. The van der Waals surface area contributed by atoms with Crippen molar-refractivity contribution in [3.05, 3.63) is 58.6 Å². The molecule has 2 aromatic rings. The molecule has 1 heterocycles. The van der Waals surface area contributed by atoms with Crippen molar-refractivity contribution in [3.8, 4) is 0 Å². The van der Waals surface area contributed by atoms with Crippen LogP contribution >= 0.6 is 12.2 Å². The third-order valence-electron chi connectivity index (χ3n) is 2.24. The van der Waals surface area contributed by atoms with Crippen LogP contribution in [-0.2, 0) is 12.8 Å². The lowest BCUT2D eigenvalue weighted by molar-refractivity contribution is 0.894. The van der Waals surface area contributed by atoms with Gasteiger partial charge in [0.15, 0.2) is 4.77 Å². The quantitative estimate of drug-likeness (QED) is 0.799. The number of aryl methyl sites for hydroxylation is 2. The number of aromatic nitrogens is 2. The van der Waals surface area contributed by atoms with E-state index < -0.39 is 0 Å². The molecule has 0 amide bonds. The van der Waals surface area contributed by atoms with Gasteiger partial charge in [-0.3, -0.25) is 0 Å². The zero-order chi connectivity index (χ0) is 10.5. The minimum Gasteiger partial charge on any atom is -0.337 e. The number of aromatic amines is 1. The second-order valence-corrected chi connectivity index (χ2v) is 3.76. The fraction of sp³-hybridized carbons (Fsp3) is 0.167. The fourth-order valence-electron chi connectivity index (χ4n) is 1.47. The SMILES string of the molecule is S=c1nc(CCc2ccccc2)cc[nH]1. The minimum absolute atomic E-state index is 0.556. The van der Waals surface area contributed by atoms with Crippen LogP contribution in [0.4, 0.5) is 0 Å². The van der Waals surface area contributed by atoms with Gasteiger partial charge in [0.1, 0.15) is 0 Å². The standard InChI is InChI=1S/C12H12N2S/c15-12-13-9-8-11(14-12)7-6-10-4-2-1-3-5-10/h1-5,8-9H,6-7H2,(H,13,14,15). The van der Waals surface area contributed by atoms with E-state index in [-0.39, 0.29) is 0 Å².